The number of nitrogens with two attached hydrogens (primary N) is 1. The van der Waals surface area contributed by atoms with Gasteiger partial charge in [-0.3, -0.25) is 19.5 Å². The number of nitrogens with zero attached hydrogens (tertiary/aromatic N) is 3. The van der Waals surface area contributed by atoms with Crippen LogP contribution in [0.5, 0.6) is 23.0 Å². The van der Waals surface area contributed by atoms with E-state index in [-0.39, 0.29) is 17.2 Å². The molecule has 6 rings (SSSR count). The standard InChI is InChI=1S/C44H49N7O5.C2H6/c1-6-36-30(13-14-39(52)42(36)48-28(2)3)15-16-46-17-18-50-19-21-51(22-20-50)44(54)31-9-7-12-34(24-31)56-35-23-29(4)40-37(26-35)41(38(27-47-40)43(45)53)49-32-10-8-11-33(25-32)55-5;1-2/h6-14,23-27,46,48,52H,1-2,15-22H2,3-5H3,(H2,45,53)(H,47,49);1-2H3. The molecular weight excluding hydrogens is 731 g/mol. The molecule has 1 aromatic heterocycles. The molecule has 12 nitrogen and oxygen atoms in total. The topological polar surface area (TPSA) is 154 Å². The smallest absolute Gasteiger partial charge is 0.254 e. The highest BCUT2D eigenvalue weighted by molar-refractivity contribution is 6.08. The van der Waals surface area contributed by atoms with Crippen LogP contribution in [0.25, 0.3) is 17.0 Å². The monoisotopic (exact) mass is 785 g/mol. The van der Waals surface area contributed by atoms with Gasteiger partial charge in [-0.05, 0) is 86.5 Å². The number of rotatable bonds is 16. The van der Waals surface area contributed by atoms with E-state index in [2.05, 4.69) is 39.0 Å². The molecule has 0 unspecified atom stereocenters. The number of aryl methyl sites for hydroxylation is 1. The van der Waals surface area contributed by atoms with Gasteiger partial charge in [-0.15, -0.1) is 0 Å². The van der Waals surface area contributed by atoms with Gasteiger partial charge in [0.2, 0.25) is 0 Å². The van der Waals surface area contributed by atoms with E-state index in [0.717, 1.165) is 61.5 Å². The number of nitrogens with one attached hydrogen (secondary N) is 3. The number of benzene rings is 4. The van der Waals surface area contributed by atoms with Gasteiger partial charge in [0.1, 0.15) is 23.0 Å². The van der Waals surface area contributed by atoms with Crippen LogP contribution in [-0.2, 0) is 6.42 Å². The minimum absolute atomic E-state index is 0.0459. The Balaban J connectivity index is 0.00000315. The molecule has 1 fully saturated rings. The molecule has 5 aromatic rings. The van der Waals surface area contributed by atoms with Crippen LogP contribution in [0.1, 0.15) is 58.2 Å². The summed E-state index contributed by atoms with van der Waals surface area (Å²) in [5.74, 6) is 1.20. The van der Waals surface area contributed by atoms with Crippen LogP contribution in [0.2, 0.25) is 0 Å². The second kappa shape index (κ2) is 20.2. The third kappa shape index (κ3) is 10.5. The number of methoxy groups -OCH3 is 1. The number of carbonyl (C=O) groups is 2. The summed E-state index contributed by atoms with van der Waals surface area (Å²) in [7, 11) is 1.59. The van der Waals surface area contributed by atoms with Crippen molar-refractivity contribution < 1.29 is 24.2 Å². The van der Waals surface area contributed by atoms with Crippen LogP contribution >= 0.6 is 0 Å². The number of carbonyl (C=O) groups excluding carboxylic acids is 2. The van der Waals surface area contributed by atoms with Gasteiger partial charge in [-0.25, -0.2) is 0 Å². The molecule has 12 heteroatoms. The number of ether oxygens (including phenoxy) is 2. The Kier molecular flexibility index (Phi) is 14.9. The van der Waals surface area contributed by atoms with Crippen molar-refractivity contribution in [3.05, 3.63) is 126 Å². The van der Waals surface area contributed by atoms with Crippen molar-refractivity contribution in [2.45, 2.75) is 34.1 Å². The second-order valence-corrected chi connectivity index (χ2v) is 13.8. The summed E-state index contributed by atoms with van der Waals surface area (Å²) in [6.07, 6.45) is 4.02. The molecule has 1 aliphatic heterocycles. The zero-order chi connectivity index (χ0) is 41.8. The highest BCUT2D eigenvalue weighted by atomic mass is 16.5. The number of hydrogen-bond acceptors (Lipinski definition) is 10. The number of phenolic OH excluding ortho intramolecular Hbond substituents is 1. The third-order valence-corrected chi connectivity index (χ3v) is 9.75. The van der Waals surface area contributed by atoms with Gasteiger partial charge in [0.05, 0.1) is 29.6 Å². The number of phenols is 1. The summed E-state index contributed by atoms with van der Waals surface area (Å²) in [6, 6.07) is 21.9. The lowest BCUT2D eigenvalue weighted by molar-refractivity contribution is 0.0638. The molecule has 2 heterocycles. The molecule has 0 spiro atoms. The first-order valence-corrected chi connectivity index (χ1v) is 19.6. The predicted molar refractivity (Wildman–Crippen MR) is 235 cm³/mol. The molecule has 0 bridgehead atoms. The lowest BCUT2D eigenvalue weighted by atomic mass is 10.0. The number of primary amides is 1. The van der Waals surface area contributed by atoms with Crippen molar-refractivity contribution in [2.24, 2.45) is 5.73 Å². The van der Waals surface area contributed by atoms with Gasteiger partial charge in [0, 0.05) is 79.4 Å². The van der Waals surface area contributed by atoms with Gasteiger partial charge in [0.15, 0.2) is 0 Å². The summed E-state index contributed by atoms with van der Waals surface area (Å²) in [5.41, 5.74) is 12.6. The number of amides is 2. The maximum absolute atomic E-state index is 13.6. The zero-order valence-corrected chi connectivity index (χ0v) is 34.2. The van der Waals surface area contributed by atoms with Crippen LogP contribution < -0.4 is 31.2 Å². The molecule has 0 saturated carbocycles. The van der Waals surface area contributed by atoms with Crippen molar-refractivity contribution in [3.8, 4) is 23.0 Å². The number of piperazine rings is 1. The summed E-state index contributed by atoms with van der Waals surface area (Å²) in [4.78, 5) is 34.9. The molecule has 6 N–H and O–H groups in total. The van der Waals surface area contributed by atoms with E-state index in [1.807, 2.05) is 87.2 Å². The van der Waals surface area contributed by atoms with E-state index in [4.69, 9.17) is 15.2 Å². The molecule has 1 saturated heterocycles. The minimum atomic E-state index is -0.617. The van der Waals surface area contributed by atoms with Crippen molar-refractivity contribution >= 4 is 45.9 Å². The van der Waals surface area contributed by atoms with Gasteiger partial charge in [-0.1, -0.05) is 51.3 Å². The van der Waals surface area contributed by atoms with Crippen molar-refractivity contribution in [2.75, 3.05) is 63.6 Å². The predicted octanol–water partition coefficient (Wildman–Crippen LogP) is 8.10. The number of allylic oxidation sites excluding steroid dienone is 1. The summed E-state index contributed by atoms with van der Waals surface area (Å²) >= 11 is 0. The lowest BCUT2D eigenvalue weighted by Gasteiger charge is -2.34. The Morgan fingerprint density at radius 3 is 2.40 bits per heavy atom. The van der Waals surface area contributed by atoms with Crippen molar-refractivity contribution in [1.82, 2.24) is 20.1 Å². The number of hydrogen-bond donors (Lipinski definition) is 5. The summed E-state index contributed by atoms with van der Waals surface area (Å²) < 4.78 is 11.7. The first-order chi connectivity index (χ1) is 28.0. The van der Waals surface area contributed by atoms with Crippen molar-refractivity contribution in [1.29, 1.82) is 0 Å². The number of pyridine rings is 1. The molecule has 304 valence electrons. The Hall–Kier alpha value is -6.37. The van der Waals surface area contributed by atoms with E-state index in [9.17, 15) is 14.7 Å². The van der Waals surface area contributed by atoms with Gasteiger partial charge in [-0.2, -0.15) is 0 Å². The number of aromatic nitrogens is 1. The molecule has 1 aliphatic rings. The van der Waals surface area contributed by atoms with E-state index in [1.54, 1.807) is 31.4 Å². The maximum Gasteiger partial charge on any atom is 0.254 e. The summed E-state index contributed by atoms with van der Waals surface area (Å²) in [5, 5.41) is 21.0. The molecule has 0 radical (unpaired) electrons. The average Bonchev–Trinajstić information content (AvgIpc) is 3.22. The molecule has 2 amide bonds. The van der Waals surface area contributed by atoms with Crippen LogP contribution in [0.3, 0.4) is 0 Å². The first-order valence-electron chi connectivity index (χ1n) is 19.6. The first kappa shape index (κ1) is 42.8. The maximum atomic E-state index is 13.6. The number of fused-ring (bicyclic) bond motifs is 1. The quantitative estimate of drug-likeness (QED) is 0.0490. The zero-order valence-electron chi connectivity index (χ0n) is 34.2. The van der Waals surface area contributed by atoms with E-state index in [1.165, 1.54) is 6.20 Å². The number of anilines is 3. The Morgan fingerprint density at radius 1 is 0.948 bits per heavy atom. The normalized spacial score (nSPS) is 12.6. The number of aromatic hydroxyl groups is 1. The highest BCUT2D eigenvalue weighted by Crippen LogP contribution is 2.36. The lowest BCUT2D eigenvalue weighted by Crippen LogP contribution is -2.50. The Morgan fingerprint density at radius 2 is 1.69 bits per heavy atom. The second-order valence-electron chi connectivity index (χ2n) is 13.8. The third-order valence-electron chi connectivity index (χ3n) is 9.75. The molecular formula is C46H55N7O5. The fourth-order valence-corrected chi connectivity index (χ4v) is 6.89. The van der Waals surface area contributed by atoms with E-state index < -0.39 is 5.91 Å². The molecule has 58 heavy (non-hydrogen) atoms. The van der Waals surface area contributed by atoms with E-state index in [0.29, 0.717) is 63.9 Å². The SMILES string of the molecule is C=Cc1c(CCNCCN2CCN(C(=O)c3cccc(Oc4cc(C)c5ncc(C(N)=O)c(Nc6cccc(OC)c6)c5c4)c3)CC2)ccc(O)c1NC(=C)C.CC. The molecule has 0 aliphatic carbocycles. The van der Waals surface area contributed by atoms with Crippen LogP contribution in [-0.4, -0.2) is 84.6 Å². The molecule has 0 atom stereocenters. The van der Waals surface area contributed by atoms with Gasteiger partial charge in [0.25, 0.3) is 11.8 Å². The fourth-order valence-electron chi connectivity index (χ4n) is 6.89. The summed E-state index contributed by atoms with van der Waals surface area (Å²) in [6.45, 7) is 20.9. The highest BCUT2D eigenvalue weighted by Gasteiger charge is 2.23. The van der Waals surface area contributed by atoms with Gasteiger partial charge < -0.3 is 41.2 Å². The van der Waals surface area contributed by atoms with Crippen LogP contribution in [0.4, 0.5) is 17.1 Å². The Bertz CT molecular complexity index is 2270. The van der Waals surface area contributed by atoms with E-state index >= 15 is 0 Å². The Labute approximate surface area is 341 Å². The fraction of sp³-hybridized carbons (Fsp3) is 0.283. The van der Waals surface area contributed by atoms with Gasteiger partial charge >= 0.3 is 0 Å². The minimum Gasteiger partial charge on any atom is -0.506 e. The van der Waals surface area contributed by atoms with Crippen LogP contribution in [0.15, 0.2) is 97.8 Å². The van der Waals surface area contributed by atoms with Crippen LogP contribution in [0, 0.1) is 6.92 Å². The average molecular weight is 786 g/mol. The molecule has 4 aromatic carbocycles. The van der Waals surface area contributed by atoms with Crippen molar-refractivity contribution in [3.63, 3.8) is 0 Å². The largest absolute Gasteiger partial charge is 0.506 e.